The van der Waals surface area contributed by atoms with Crippen molar-refractivity contribution in [3.8, 4) is 17.0 Å². The van der Waals surface area contributed by atoms with Crippen LogP contribution in [0.25, 0.3) is 11.3 Å². The molecule has 3 rings (SSSR count). The van der Waals surface area contributed by atoms with Gasteiger partial charge in [-0.3, -0.25) is 9.36 Å². The summed E-state index contributed by atoms with van der Waals surface area (Å²) in [7, 11) is 1.41. The van der Waals surface area contributed by atoms with Crippen LogP contribution >= 0.6 is 0 Å². The first-order chi connectivity index (χ1) is 10.2. The number of ether oxygens (including phenoxy) is 1. The van der Waals surface area contributed by atoms with Gasteiger partial charge in [-0.05, 0) is 35.2 Å². The van der Waals surface area contributed by atoms with Crippen LogP contribution in [-0.4, -0.2) is 17.6 Å². The molecule has 0 saturated carbocycles. The van der Waals surface area contributed by atoms with Gasteiger partial charge in [0.2, 0.25) is 0 Å². The summed E-state index contributed by atoms with van der Waals surface area (Å²) in [4.78, 5) is 12.2. The molecule has 0 amide bonds. The van der Waals surface area contributed by atoms with E-state index in [1.54, 1.807) is 18.2 Å². The molecular formula is C17H17F2NO2. The number of rotatable bonds is 1. The smallest absolute Gasteiger partial charge is 0.351 e. The van der Waals surface area contributed by atoms with E-state index in [1.807, 2.05) is 20.8 Å². The zero-order chi connectivity index (χ0) is 16.3. The van der Waals surface area contributed by atoms with Gasteiger partial charge in [0.25, 0.3) is 0 Å². The fraction of sp³-hybridized carbons (Fsp3) is 0.353. The minimum atomic E-state index is -3.56. The molecule has 0 radical (unpaired) electrons. The summed E-state index contributed by atoms with van der Waals surface area (Å²) in [6, 6.07) is 6.24. The van der Waals surface area contributed by atoms with Crippen molar-refractivity contribution >= 4 is 5.91 Å². The SMILES string of the molecule is COc1ccc2c(c1)C(F)(F)C(=O)n1cc(C(C)(C)C)cc1-2. The third kappa shape index (κ3) is 1.95. The van der Waals surface area contributed by atoms with E-state index in [0.717, 1.165) is 10.1 Å². The Balaban J connectivity index is 2.30. The third-order valence-electron chi connectivity index (χ3n) is 4.01. The molecular weight excluding hydrogens is 288 g/mol. The number of carbonyl (C=O) groups excluding carboxylic acids is 1. The minimum Gasteiger partial charge on any atom is -0.497 e. The largest absolute Gasteiger partial charge is 0.497 e. The van der Waals surface area contributed by atoms with E-state index >= 15 is 0 Å². The lowest BCUT2D eigenvalue weighted by Crippen LogP contribution is -2.35. The van der Waals surface area contributed by atoms with E-state index in [-0.39, 0.29) is 11.0 Å². The highest BCUT2D eigenvalue weighted by molar-refractivity contribution is 5.97. The van der Waals surface area contributed by atoms with Crippen LogP contribution in [0.3, 0.4) is 0 Å². The molecule has 0 N–H and O–H groups in total. The average molecular weight is 305 g/mol. The second-order valence-electron chi connectivity index (χ2n) is 6.53. The number of alkyl halides is 2. The van der Waals surface area contributed by atoms with Crippen molar-refractivity contribution in [3.05, 3.63) is 41.6 Å². The molecule has 0 unspecified atom stereocenters. The highest BCUT2D eigenvalue weighted by atomic mass is 19.3. The molecule has 0 aliphatic carbocycles. The predicted molar refractivity (Wildman–Crippen MR) is 79.6 cm³/mol. The summed E-state index contributed by atoms with van der Waals surface area (Å²) in [6.07, 6.45) is 1.51. The number of methoxy groups -OCH3 is 1. The molecule has 1 aliphatic rings. The number of hydrogen-bond acceptors (Lipinski definition) is 2. The summed E-state index contributed by atoms with van der Waals surface area (Å²) in [5, 5.41) is 0. The van der Waals surface area contributed by atoms with Gasteiger partial charge in [0.15, 0.2) is 0 Å². The molecule has 2 aromatic rings. The maximum absolute atomic E-state index is 14.5. The minimum absolute atomic E-state index is 0.230. The van der Waals surface area contributed by atoms with Crippen molar-refractivity contribution < 1.29 is 18.3 Å². The van der Waals surface area contributed by atoms with Gasteiger partial charge in [-0.1, -0.05) is 20.8 Å². The van der Waals surface area contributed by atoms with Crippen molar-refractivity contribution in [3.63, 3.8) is 0 Å². The lowest BCUT2D eigenvalue weighted by atomic mass is 9.88. The van der Waals surface area contributed by atoms with Gasteiger partial charge in [0.05, 0.1) is 12.8 Å². The number of fused-ring (bicyclic) bond motifs is 3. The monoisotopic (exact) mass is 305 g/mol. The zero-order valence-corrected chi connectivity index (χ0v) is 12.9. The molecule has 1 aliphatic heterocycles. The van der Waals surface area contributed by atoms with Gasteiger partial charge in [0, 0.05) is 17.3 Å². The van der Waals surface area contributed by atoms with Crippen molar-refractivity contribution in [2.24, 2.45) is 0 Å². The molecule has 0 fully saturated rings. The van der Waals surface area contributed by atoms with Crippen LogP contribution in [0.4, 0.5) is 8.78 Å². The fourth-order valence-corrected chi connectivity index (χ4v) is 2.65. The first-order valence-corrected chi connectivity index (χ1v) is 7.00. The first-order valence-electron chi connectivity index (χ1n) is 7.00. The van der Waals surface area contributed by atoms with Crippen molar-refractivity contribution in [2.75, 3.05) is 7.11 Å². The molecule has 2 heterocycles. The highest BCUT2D eigenvalue weighted by Gasteiger charge is 2.48. The van der Waals surface area contributed by atoms with Crippen LogP contribution in [0.2, 0.25) is 0 Å². The zero-order valence-electron chi connectivity index (χ0n) is 12.9. The van der Waals surface area contributed by atoms with Crippen molar-refractivity contribution in [1.82, 2.24) is 4.57 Å². The maximum atomic E-state index is 14.5. The maximum Gasteiger partial charge on any atom is 0.351 e. The molecule has 5 heteroatoms. The molecule has 3 nitrogen and oxygen atoms in total. The molecule has 0 bridgehead atoms. The van der Waals surface area contributed by atoms with Crippen LogP contribution in [-0.2, 0) is 11.3 Å². The summed E-state index contributed by atoms with van der Waals surface area (Å²) in [5.41, 5.74) is 1.17. The first kappa shape index (κ1) is 14.8. The van der Waals surface area contributed by atoms with Crippen LogP contribution in [0.5, 0.6) is 5.75 Å². The fourth-order valence-electron chi connectivity index (χ4n) is 2.65. The van der Waals surface area contributed by atoms with E-state index in [1.165, 1.54) is 19.4 Å². The number of benzene rings is 1. The van der Waals surface area contributed by atoms with Gasteiger partial charge < -0.3 is 4.74 Å². The van der Waals surface area contributed by atoms with Crippen LogP contribution < -0.4 is 4.74 Å². The third-order valence-corrected chi connectivity index (χ3v) is 4.01. The second-order valence-corrected chi connectivity index (χ2v) is 6.53. The van der Waals surface area contributed by atoms with Gasteiger partial charge in [-0.25, -0.2) is 0 Å². The van der Waals surface area contributed by atoms with E-state index in [4.69, 9.17) is 4.74 Å². The van der Waals surface area contributed by atoms with Gasteiger partial charge in [-0.2, -0.15) is 8.78 Å². The standard InChI is InChI=1S/C17H17F2NO2/c1-16(2,3)10-7-14-12-6-5-11(22-4)8-13(12)17(18,19)15(21)20(14)9-10/h5-9H,1-4H3. The average Bonchev–Trinajstić information content (AvgIpc) is 2.90. The normalized spacial score (nSPS) is 16.2. The van der Waals surface area contributed by atoms with Crippen LogP contribution in [0, 0.1) is 0 Å². The Morgan fingerprint density at radius 3 is 2.45 bits per heavy atom. The number of hydrogen-bond donors (Lipinski definition) is 0. The number of halogens is 2. The lowest BCUT2D eigenvalue weighted by molar-refractivity contribution is -0.00290. The summed E-state index contributed by atoms with van der Waals surface area (Å²) < 4.78 is 35.0. The Labute approximate surface area is 127 Å². The van der Waals surface area contributed by atoms with Crippen molar-refractivity contribution in [1.29, 1.82) is 0 Å². The topological polar surface area (TPSA) is 31.2 Å². The molecule has 0 saturated heterocycles. The predicted octanol–water partition coefficient (Wildman–Crippen LogP) is 4.21. The van der Waals surface area contributed by atoms with E-state index < -0.39 is 11.8 Å². The number of aromatic nitrogens is 1. The van der Waals surface area contributed by atoms with Crippen molar-refractivity contribution in [2.45, 2.75) is 32.1 Å². The van der Waals surface area contributed by atoms with Gasteiger partial charge >= 0.3 is 11.8 Å². The Kier molecular flexibility index (Phi) is 2.96. The Bertz CT molecular complexity index is 769. The van der Waals surface area contributed by atoms with E-state index in [0.29, 0.717) is 17.0 Å². The summed E-state index contributed by atoms with van der Waals surface area (Å²) >= 11 is 0. The lowest BCUT2D eigenvalue weighted by Gasteiger charge is -2.26. The number of carbonyl (C=O) groups is 1. The van der Waals surface area contributed by atoms with Crippen LogP contribution in [0.15, 0.2) is 30.5 Å². The molecule has 1 aromatic carbocycles. The quantitative estimate of drug-likeness (QED) is 0.790. The van der Waals surface area contributed by atoms with E-state index in [2.05, 4.69) is 0 Å². The Morgan fingerprint density at radius 2 is 1.86 bits per heavy atom. The molecule has 0 atom stereocenters. The molecule has 1 aromatic heterocycles. The second kappa shape index (κ2) is 4.41. The summed E-state index contributed by atoms with van der Waals surface area (Å²) in [6.45, 7) is 5.93. The molecule has 116 valence electrons. The molecule has 0 spiro atoms. The van der Waals surface area contributed by atoms with Gasteiger partial charge in [-0.15, -0.1) is 0 Å². The highest BCUT2D eigenvalue weighted by Crippen LogP contribution is 2.45. The van der Waals surface area contributed by atoms with E-state index in [9.17, 15) is 13.6 Å². The molecule has 22 heavy (non-hydrogen) atoms. The van der Waals surface area contributed by atoms with Gasteiger partial charge in [0.1, 0.15) is 5.75 Å². The van der Waals surface area contributed by atoms with Crippen LogP contribution in [0.1, 0.15) is 36.7 Å². The summed E-state index contributed by atoms with van der Waals surface area (Å²) in [5.74, 6) is -4.48. The number of nitrogens with zero attached hydrogens (tertiary/aromatic N) is 1. The Hall–Kier alpha value is -2.17. The Morgan fingerprint density at radius 1 is 1.18 bits per heavy atom.